The molecule has 1 aliphatic heterocycles. The van der Waals surface area contributed by atoms with Crippen LogP contribution in [0.5, 0.6) is 11.5 Å². The van der Waals surface area contributed by atoms with Crippen molar-refractivity contribution < 1.29 is 14.6 Å². The minimum atomic E-state index is -0.0107. The first-order valence-corrected chi connectivity index (χ1v) is 7.99. The highest BCUT2D eigenvalue weighted by atomic mass is 35.5. The van der Waals surface area contributed by atoms with Gasteiger partial charge in [0.25, 0.3) is 0 Å². The zero-order valence-corrected chi connectivity index (χ0v) is 15.2. The molecule has 1 aliphatic rings. The van der Waals surface area contributed by atoms with Crippen LogP contribution in [0.25, 0.3) is 11.3 Å². The van der Waals surface area contributed by atoms with Crippen molar-refractivity contribution in [3.63, 3.8) is 0 Å². The minimum Gasteiger partial charge on any atom is -0.504 e. The number of hydrogen-bond donors (Lipinski definition) is 2. The number of aromatic hydroxyl groups is 1. The molecule has 0 radical (unpaired) electrons. The van der Waals surface area contributed by atoms with Crippen molar-refractivity contribution in [3.8, 4) is 22.8 Å². The number of fused-ring (bicyclic) bond motifs is 1. The van der Waals surface area contributed by atoms with Crippen LogP contribution in [0.15, 0.2) is 30.5 Å². The van der Waals surface area contributed by atoms with Crippen LogP contribution in [0.1, 0.15) is 5.56 Å². The number of rotatable bonds is 3. The van der Waals surface area contributed by atoms with E-state index in [1.54, 1.807) is 36.3 Å². The first-order chi connectivity index (χ1) is 11.6. The van der Waals surface area contributed by atoms with Crippen molar-refractivity contribution in [1.82, 2.24) is 15.2 Å². The lowest BCUT2D eigenvalue weighted by molar-refractivity contribution is -0.130. The van der Waals surface area contributed by atoms with Crippen LogP contribution >= 0.6 is 24.0 Å². The number of nitrogens with one attached hydrogen (secondary N) is 1. The molecule has 2 heterocycles. The van der Waals surface area contributed by atoms with Gasteiger partial charge in [0.15, 0.2) is 11.5 Å². The molecule has 1 aromatic heterocycles. The number of amides is 1. The molecule has 0 aliphatic carbocycles. The second-order valence-corrected chi connectivity index (χ2v) is 5.98. The highest BCUT2D eigenvalue weighted by molar-refractivity contribution is 6.30. The van der Waals surface area contributed by atoms with Gasteiger partial charge in [0, 0.05) is 23.9 Å². The van der Waals surface area contributed by atoms with Crippen LogP contribution in [-0.4, -0.2) is 47.6 Å². The van der Waals surface area contributed by atoms with Gasteiger partial charge in [0.1, 0.15) is 6.61 Å². The Labute approximate surface area is 157 Å². The van der Waals surface area contributed by atoms with Crippen molar-refractivity contribution >= 4 is 29.9 Å². The molecule has 134 valence electrons. The fourth-order valence-corrected chi connectivity index (χ4v) is 2.78. The van der Waals surface area contributed by atoms with E-state index < -0.39 is 0 Å². The summed E-state index contributed by atoms with van der Waals surface area (Å²) in [5.74, 6) is 0.457. The number of benzene rings is 1. The van der Waals surface area contributed by atoms with Gasteiger partial charge >= 0.3 is 0 Å². The molecule has 0 bridgehead atoms. The number of pyridine rings is 1. The van der Waals surface area contributed by atoms with Gasteiger partial charge in [-0.15, -0.1) is 12.4 Å². The monoisotopic (exact) mass is 383 g/mol. The number of carbonyl (C=O) groups excluding carboxylic acids is 1. The number of phenols is 1. The number of phenolic OH excluding ortho intramolecular Hbond substituents is 1. The molecule has 1 aromatic carbocycles. The molecule has 25 heavy (non-hydrogen) atoms. The lowest BCUT2D eigenvalue weighted by Gasteiger charge is -2.19. The molecule has 0 fully saturated rings. The van der Waals surface area contributed by atoms with Gasteiger partial charge in [-0.25, -0.2) is 0 Å². The standard InChI is InChI=1S/C17H18ClN3O3.ClH/c1-19-9-16(23)21-4-5-24-17-12(10-21)6-11(7-15(17)22)14-3-2-13(18)8-20-14;/h2-3,6-8,19,22H,4-5,9-10H2,1H3;1H. The lowest BCUT2D eigenvalue weighted by atomic mass is 10.0. The van der Waals surface area contributed by atoms with E-state index in [2.05, 4.69) is 10.3 Å². The van der Waals surface area contributed by atoms with Crippen LogP contribution in [0.4, 0.5) is 0 Å². The van der Waals surface area contributed by atoms with E-state index in [1.165, 1.54) is 0 Å². The SMILES string of the molecule is CNCC(=O)N1CCOc2c(O)cc(-c3ccc(Cl)cn3)cc2C1.Cl. The van der Waals surface area contributed by atoms with Crippen LogP contribution in [0.2, 0.25) is 5.02 Å². The maximum atomic E-state index is 12.2. The Morgan fingerprint density at radius 2 is 2.24 bits per heavy atom. The number of likely N-dealkylation sites (N-methyl/N-ethyl adjacent to an activating group) is 1. The summed E-state index contributed by atoms with van der Waals surface area (Å²) in [5.41, 5.74) is 2.19. The average molecular weight is 384 g/mol. The maximum absolute atomic E-state index is 12.2. The molecular formula is C17H19Cl2N3O3. The normalized spacial score (nSPS) is 13.3. The van der Waals surface area contributed by atoms with Crippen molar-refractivity contribution in [3.05, 3.63) is 41.0 Å². The van der Waals surface area contributed by atoms with E-state index in [0.29, 0.717) is 36.2 Å². The summed E-state index contributed by atoms with van der Waals surface area (Å²) in [6.45, 7) is 1.46. The Bertz CT molecular complexity index is 754. The van der Waals surface area contributed by atoms with E-state index in [1.807, 2.05) is 6.07 Å². The third-order valence-electron chi connectivity index (χ3n) is 3.82. The predicted octanol–water partition coefficient (Wildman–Crippen LogP) is 2.47. The molecule has 0 atom stereocenters. The van der Waals surface area contributed by atoms with Crippen molar-refractivity contribution in [1.29, 1.82) is 0 Å². The lowest BCUT2D eigenvalue weighted by Crippen LogP contribution is -2.37. The fraction of sp³-hybridized carbons (Fsp3) is 0.294. The highest BCUT2D eigenvalue weighted by Gasteiger charge is 2.22. The molecular weight excluding hydrogens is 365 g/mol. The smallest absolute Gasteiger partial charge is 0.236 e. The van der Waals surface area contributed by atoms with Crippen molar-refractivity contribution in [2.24, 2.45) is 0 Å². The average Bonchev–Trinajstić information content (AvgIpc) is 2.78. The van der Waals surface area contributed by atoms with Gasteiger partial charge in [-0.2, -0.15) is 0 Å². The molecule has 2 aromatic rings. The third-order valence-corrected chi connectivity index (χ3v) is 4.04. The number of aromatic nitrogens is 1. The van der Waals surface area contributed by atoms with E-state index in [-0.39, 0.29) is 30.6 Å². The molecule has 2 N–H and O–H groups in total. The van der Waals surface area contributed by atoms with Crippen LogP contribution in [0, 0.1) is 0 Å². The molecule has 1 amide bonds. The molecule has 3 rings (SSSR count). The summed E-state index contributed by atoms with van der Waals surface area (Å²) >= 11 is 5.87. The molecule has 0 unspecified atom stereocenters. The third kappa shape index (κ3) is 4.34. The Morgan fingerprint density at radius 1 is 1.44 bits per heavy atom. The molecule has 0 saturated heterocycles. The summed E-state index contributed by atoms with van der Waals surface area (Å²) < 4.78 is 5.64. The van der Waals surface area contributed by atoms with Crippen molar-refractivity contribution in [2.75, 3.05) is 26.7 Å². The van der Waals surface area contributed by atoms with E-state index in [0.717, 1.165) is 11.1 Å². The number of carbonyl (C=O) groups is 1. The van der Waals surface area contributed by atoms with Crippen LogP contribution < -0.4 is 10.1 Å². The zero-order valence-electron chi connectivity index (χ0n) is 13.7. The van der Waals surface area contributed by atoms with Crippen LogP contribution in [0.3, 0.4) is 0 Å². The second kappa shape index (κ2) is 8.38. The highest BCUT2D eigenvalue weighted by Crippen LogP contribution is 2.37. The largest absolute Gasteiger partial charge is 0.504 e. The Balaban J connectivity index is 0.00000225. The van der Waals surface area contributed by atoms with Gasteiger partial charge in [0.2, 0.25) is 5.91 Å². The quantitative estimate of drug-likeness (QED) is 0.851. The maximum Gasteiger partial charge on any atom is 0.236 e. The summed E-state index contributed by atoms with van der Waals surface area (Å²) in [6, 6.07) is 7.02. The Kier molecular flexibility index (Phi) is 6.47. The van der Waals surface area contributed by atoms with E-state index >= 15 is 0 Å². The van der Waals surface area contributed by atoms with Gasteiger partial charge in [-0.05, 0) is 31.3 Å². The summed E-state index contributed by atoms with van der Waals surface area (Å²) in [4.78, 5) is 18.1. The van der Waals surface area contributed by atoms with Gasteiger partial charge in [-0.1, -0.05) is 11.6 Å². The first-order valence-electron chi connectivity index (χ1n) is 7.61. The van der Waals surface area contributed by atoms with Gasteiger partial charge < -0.3 is 20.1 Å². The molecule has 8 heteroatoms. The Morgan fingerprint density at radius 3 is 2.92 bits per heavy atom. The molecule has 6 nitrogen and oxygen atoms in total. The van der Waals surface area contributed by atoms with Crippen molar-refractivity contribution in [2.45, 2.75) is 6.54 Å². The molecule has 0 spiro atoms. The first kappa shape index (κ1) is 19.3. The fourth-order valence-electron chi connectivity index (χ4n) is 2.67. The zero-order chi connectivity index (χ0) is 17.1. The van der Waals surface area contributed by atoms with Gasteiger partial charge in [0.05, 0.1) is 23.8 Å². The minimum absolute atomic E-state index is 0. The van der Waals surface area contributed by atoms with E-state index in [9.17, 15) is 9.90 Å². The molecule has 0 saturated carbocycles. The van der Waals surface area contributed by atoms with Gasteiger partial charge in [-0.3, -0.25) is 9.78 Å². The summed E-state index contributed by atoms with van der Waals surface area (Å²) in [5, 5.41) is 13.7. The number of halogens is 2. The number of hydrogen-bond acceptors (Lipinski definition) is 5. The number of nitrogens with zero attached hydrogens (tertiary/aromatic N) is 2. The Hall–Kier alpha value is -2.02. The topological polar surface area (TPSA) is 74.7 Å². The predicted molar refractivity (Wildman–Crippen MR) is 98.4 cm³/mol. The summed E-state index contributed by atoms with van der Waals surface area (Å²) in [7, 11) is 1.73. The van der Waals surface area contributed by atoms with Crippen LogP contribution in [-0.2, 0) is 11.3 Å². The second-order valence-electron chi connectivity index (χ2n) is 5.54. The number of ether oxygens (including phenoxy) is 1. The van der Waals surface area contributed by atoms with E-state index in [4.69, 9.17) is 16.3 Å². The summed E-state index contributed by atoms with van der Waals surface area (Å²) in [6.07, 6.45) is 1.55.